The number of aromatic hydroxyl groups is 2. The zero-order valence-corrected chi connectivity index (χ0v) is 19.1. The van der Waals surface area contributed by atoms with Crippen LogP contribution in [0.25, 0.3) is 0 Å². The number of β-lactam (4-membered cyclic amide) rings is 1. The second-order valence-electron chi connectivity index (χ2n) is 7.92. The molecule has 3 amide bonds. The van der Waals surface area contributed by atoms with E-state index in [1.54, 1.807) is 0 Å². The van der Waals surface area contributed by atoms with Crippen LogP contribution in [-0.4, -0.2) is 69.1 Å². The van der Waals surface area contributed by atoms with Crippen molar-refractivity contribution in [2.45, 2.75) is 23.5 Å². The third kappa shape index (κ3) is 3.82. The van der Waals surface area contributed by atoms with E-state index in [4.69, 9.17) is 11.6 Å². The van der Waals surface area contributed by atoms with Gasteiger partial charge in [-0.3, -0.25) is 14.4 Å². The molecule has 2 aromatic rings. The van der Waals surface area contributed by atoms with Gasteiger partial charge in [-0.15, -0.1) is 0 Å². The average Bonchev–Trinajstić information content (AvgIpc) is 2.95. The van der Waals surface area contributed by atoms with Crippen LogP contribution in [0.5, 0.6) is 11.5 Å². The average molecular weight is 508 g/mol. The summed E-state index contributed by atoms with van der Waals surface area (Å²) < 4.78 is 23.7. The summed E-state index contributed by atoms with van der Waals surface area (Å²) in [5.41, 5.74) is 2.27. The first-order chi connectivity index (χ1) is 15.9. The molecule has 1 aromatic heterocycles. The minimum atomic E-state index is -3.66. The van der Waals surface area contributed by atoms with Crippen molar-refractivity contribution in [1.29, 1.82) is 0 Å². The molecule has 2 aliphatic rings. The molecule has 0 saturated carbocycles. The Morgan fingerprint density at radius 1 is 1.26 bits per heavy atom. The highest BCUT2D eigenvalue weighted by Crippen LogP contribution is 2.40. The largest absolute Gasteiger partial charge is 0.504 e. The number of hydrogen-bond donors (Lipinski definition) is 4. The Morgan fingerprint density at radius 2 is 2.00 bits per heavy atom. The quantitative estimate of drug-likeness (QED) is 0.199. The third-order valence-corrected chi connectivity index (χ3v) is 8.66. The monoisotopic (exact) mass is 507 g/mol. The van der Waals surface area contributed by atoms with E-state index in [9.17, 15) is 33.0 Å². The number of pyridine rings is 1. The molecule has 0 aliphatic carbocycles. The predicted octanol–water partition coefficient (Wildman–Crippen LogP) is 0.860. The predicted molar refractivity (Wildman–Crippen MR) is 120 cm³/mol. The lowest BCUT2D eigenvalue weighted by Crippen LogP contribution is -2.50. The molecule has 2 atom stereocenters. The standard InChI is InChI=1S/C20H18ClN5O7S/c1-20(9-26-14(28)6-15(26)34(20,32)33)8-23-25-19(31)12-4-2-10(7-22-12)24-18(30)11-3-5-13(27)17(29)16(11)21/h2-5,7-8,15,27,29H,6,9H2,1H3,(H,24,30)(H,25,31)/b23-8+/t15-,20+/m1/s1. The van der Waals surface area contributed by atoms with Gasteiger partial charge in [0.1, 0.15) is 15.8 Å². The Bertz CT molecular complexity index is 1350. The molecule has 2 fully saturated rings. The number of amides is 3. The molecule has 4 rings (SSSR count). The van der Waals surface area contributed by atoms with Gasteiger partial charge in [-0.2, -0.15) is 5.10 Å². The fourth-order valence-corrected chi connectivity index (χ4v) is 5.84. The Hall–Kier alpha value is -3.71. The molecule has 0 unspecified atom stereocenters. The van der Waals surface area contributed by atoms with Crippen molar-refractivity contribution in [2.75, 3.05) is 11.9 Å². The molecular weight excluding hydrogens is 490 g/mol. The molecule has 0 bridgehead atoms. The van der Waals surface area contributed by atoms with Crippen LogP contribution in [0.4, 0.5) is 5.69 Å². The second-order valence-corrected chi connectivity index (χ2v) is 10.9. The molecule has 2 aliphatic heterocycles. The number of anilines is 1. The molecule has 34 heavy (non-hydrogen) atoms. The van der Waals surface area contributed by atoms with Gasteiger partial charge in [0, 0.05) is 12.8 Å². The first kappa shape index (κ1) is 23.4. The molecule has 1 aromatic carbocycles. The van der Waals surface area contributed by atoms with Crippen molar-refractivity contribution >= 4 is 51.1 Å². The van der Waals surface area contributed by atoms with Crippen molar-refractivity contribution in [2.24, 2.45) is 5.10 Å². The Morgan fingerprint density at radius 3 is 2.62 bits per heavy atom. The van der Waals surface area contributed by atoms with Gasteiger partial charge < -0.3 is 20.4 Å². The van der Waals surface area contributed by atoms with E-state index in [2.05, 4.69) is 20.8 Å². The summed E-state index contributed by atoms with van der Waals surface area (Å²) >= 11 is 5.87. The van der Waals surface area contributed by atoms with Gasteiger partial charge in [-0.25, -0.2) is 18.8 Å². The van der Waals surface area contributed by atoms with Crippen LogP contribution in [-0.2, 0) is 14.6 Å². The van der Waals surface area contributed by atoms with E-state index in [1.807, 2.05) is 0 Å². The smallest absolute Gasteiger partial charge is 0.289 e. The lowest BCUT2D eigenvalue weighted by molar-refractivity contribution is -0.140. The number of aromatic nitrogens is 1. The highest BCUT2D eigenvalue weighted by Gasteiger charge is 2.61. The van der Waals surface area contributed by atoms with Crippen LogP contribution in [0, 0.1) is 0 Å². The van der Waals surface area contributed by atoms with Gasteiger partial charge in [0.25, 0.3) is 11.8 Å². The number of sulfone groups is 1. The summed E-state index contributed by atoms with van der Waals surface area (Å²) in [4.78, 5) is 41.4. The number of carbonyl (C=O) groups excluding carboxylic acids is 3. The third-order valence-electron chi connectivity index (χ3n) is 5.61. The van der Waals surface area contributed by atoms with Crippen LogP contribution in [0.1, 0.15) is 34.2 Å². The van der Waals surface area contributed by atoms with E-state index in [0.717, 1.165) is 12.3 Å². The molecule has 4 N–H and O–H groups in total. The first-order valence-corrected chi connectivity index (χ1v) is 11.7. The summed E-state index contributed by atoms with van der Waals surface area (Å²) in [5, 5.41) is 24.1. The maximum atomic E-state index is 12.6. The van der Waals surface area contributed by atoms with Crippen molar-refractivity contribution in [3.8, 4) is 11.5 Å². The number of phenolic OH excluding ortho intramolecular Hbond substituents is 2. The summed E-state index contributed by atoms with van der Waals surface area (Å²) in [7, 11) is -3.66. The number of nitrogens with one attached hydrogen (secondary N) is 2. The number of benzene rings is 1. The van der Waals surface area contributed by atoms with E-state index >= 15 is 0 Å². The van der Waals surface area contributed by atoms with Crippen LogP contribution >= 0.6 is 11.6 Å². The normalized spacial score (nSPS) is 22.8. The maximum absolute atomic E-state index is 12.6. The van der Waals surface area contributed by atoms with Gasteiger partial charge >= 0.3 is 0 Å². The number of rotatable bonds is 5. The van der Waals surface area contributed by atoms with Gasteiger partial charge in [-0.05, 0) is 31.2 Å². The number of phenols is 2. The van der Waals surface area contributed by atoms with Gasteiger partial charge in [0.05, 0.1) is 28.9 Å². The van der Waals surface area contributed by atoms with Crippen LogP contribution < -0.4 is 10.7 Å². The number of hydrazone groups is 1. The van der Waals surface area contributed by atoms with Crippen molar-refractivity contribution < 1.29 is 33.0 Å². The molecule has 0 radical (unpaired) electrons. The highest BCUT2D eigenvalue weighted by atomic mass is 35.5. The number of fused-ring (bicyclic) bond motifs is 1. The zero-order valence-electron chi connectivity index (χ0n) is 17.5. The Balaban J connectivity index is 1.39. The van der Waals surface area contributed by atoms with Gasteiger partial charge in [0.2, 0.25) is 5.91 Å². The van der Waals surface area contributed by atoms with Crippen molar-refractivity contribution in [1.82, 2.24) is 15.3 Å². The summed E-state index contributed by atoms with van der Waals surface area (Å²) in [6.45, 7) is 1.40. The lowest BCUT2D eigenvalue weighted by Gasteiger charge is -2.31. The van der Waals surface area contributed by atoms with Crippen LogP contribution in [0.3, 0.4) is 0 Å². The number of halogens is 1. The van der Waals surface area contributed by atoms with Gasteiger partial charge in [-0.1, -0.05) is 11.6 Å². The van der Waals surface area contributed by atoms with Crippen molar-refractivity contribution in [3.63, 3.8) is 0 Å². The fourth-order valence-electron chi connectivity index (χ4n) is 3.56. The van der Waals surface area contributed by atoms with E-state index < -0.39 is 43.3 Å². The highest BCUT2D eigenvalue weighted by molar-refractivity contribution is 7.94. The Kier molecular flexibility index (Phi) is 5.69. The number of carbonyl (C=O) groups is 3. The van der Waals surface area contributed by atoms with E-state index in [0.29, 0.717) is 0 Å². The topological polar surface area (TPSA) is 178 Å². The van der Waals surface area contributed by atoms with Gasteiger partial charge in [0.15, 0.2) is 21.3 Å². The van der Waals surface area contributed by atoms with Crippen LogP contribution in [0.2, 0.25) is 5.02 Å². The molecule has 178 valence electrons. The number of nitrogens with zero attached hydrogens (tertiary/aromatic N) is 3. The molecule has 0 spiro atoms. The minimum absolute atomic E-state index is 0.0341. The molecular formula is C20H18ClN5O7S. The van der Waals surface area contributed by atoms with Crippen molar-refractivity contribution in [3.05, 3.63) is 46.7 Å². The minimum Gasteiger partial charge on any atom is -0.504 e. The summed E-state index contributed by atoms with van der Waals surface area (Å²) in [5.74, 6) is -2.75. The van der Waals surface area contributed by atoms with E-state index in [-0.39, 0.29) is 40.8 Å². The second kappa shape index (κ2) is 8.25. The van der Waals surface area contributed by atoms with E-state index in [1.165, 1.54) is 36.2 Å². The summed E-state index contributed by atoms with van der Waals surface area (Å²) in [6.07, 6.45) is 2.24. The summed E-state index contributed by atoms with van der Waals surface area (Å²) in [6, 6.07) is 5.02. The molecule has 3 heterocycles. The maximum Gasteiger partial charge on any atom is 0.289 e. The van der Waals surface area contributed by atoms with Crippen LogP contribution in [0.15, 0.2) is 35.6 Å². The Labute approximate surface area is 198 Å². The molecule has 2 saturated heterocycles. The molecule has 14 heteroatoms. The fraction of sp³-hybridized carbons (Fsp3) is 0.250. The number of hydrogen-bond acceptors (Lipinski definition) is 9. The first-order valence-electron chi connectivity index (χ1n) is 9.80. The SMILES string of the molecule is C[C@]1(/C=N/NC(=O)c2ccc(NC(=O)c3ccc(O)c(O)c3Cl)cn2)CN2C(=O)C[C@H]2S1(=O)=O. The lowest BCUT2D eigenvalue weighted by atomic mass is 10.1. The molecule has 12 nitrogen and oxygen atoms in total. The zero-order chi connectivity index (χ0) is 24.8.